The Bertz CT molecular complexity index is 732. The van der Waals surface area contributed by atoms with Gasteiger partial charge in [-0.05, 0) is 38.0 Å². The second-order valence-corrected chi connectivity index (χ2v) is 6.39. The number of fused-ring (bicyclic) bond motifs is 1. The highest BCUT2D eigenvalue weighted by molar-refractivity contribution is 9.10. The van der Waals surface area contributed by atoms with Crippen LogP contribution in [0.15, 0.2) is 22.7 Å². The molecule has 0 radical (unpaired) electrons. The first kappa shape index (κ1) is 16.1. The van der Waals surface area contributed by atoms with Gasteiger partial charge in [0, 0.05) is 23.0 Å². The predicted octanol–water partition coefficient (Wildman–Crippen LogP) is 3.16. The van der Waals surface area contributed by atoms with E-state index in [4.69, 9.17) is 9.47 Å². The predicted molar refractivity (Wildman–Crippen MR) is 90.6 cm³/mol. The molecule has 2 aromatic rings. The van der Waals surface area contributed by atoms with Crippen molar-refractivity contribution in [2.75, 3.05) is 19.0 Å². The molecule has 0 spiro atoms. The maximum absolute atomic E-state index is 12.2. The quantitative estimate of drug-likeness (QED) is 0.804. The Morgan fingerprint density at radius 2 is 2.17 bits per heavy atom. The third-order valence-electron chi connectivity index (χ3n) is 3.97. The highest BCUT2D eigenvalue weighted by atomic mass is 79.9. The summed E-state index contributed by atoms with van der Waals surface area (Å²) in [4.78, 5) is 12.2. The Morgan fingerprint density at radius 3 is 2.87 bits per heavy atom. The van der Waals surface area contributed by atoms with Crippen molar-refractivity contribution in [3.63, 3.8) is 0 Å². The number of rotatable bonds is 5. The van der Waals surface area contributed by atoms with Gasteiger partial charge in [0.15, 0.2) is 5.69 Å². The average molecular weight is 380 g/mol. The number of ether oxygens (including phenoxy) is 2. The second-order valence-electron chi connectivity index (χ2n) is 5.48. The van der Waals surface area contributed by atoms with Crippen LogP contribution in [-0.2, 0) is 9.47 Å². The van der Waals surface area contributed by atoms with Gasteiger partial charge in [-0.25, -0.2) is 4.79 Å². The summed E-state index contributed by atoms with van der Waals surface area (Å²) in [6.45, 7) is 2.07. The summed E-state index contributed by atoms with van der Waals surface area (Å²) in [5.74, 6) is -0.466. The van der Waals surface area contributed by atoms with Gasteiger partial charge in [-0.3, -0.25) is 0 Å². The summed E-state index contributed by atoms with van der Waals surface area (Å²) in [5.41, 5.74) is 1.62. The Labute approximate surface area is 142 Å². The van der Waals surface area contributed by atoms with Gasteiger partial charge in [-0.2, -0.15) is 0 Å². The summed E-state index contributed by atoms with van der Waals surface area (Å²) >= 11 is 3.46. The SMILES string of the molecule is CCOC(=O)c1nnc2ccc(Br)cc2c1N[C@H]1C[C@@H](OC)C1. The van der Waals surface area contributed by atoms with E-state index in [1.54, 1.807) is 14.0 Å². The van der Waals surface area contributed by atoms with Crippen LogP contribution in [0.3, 0.4) is 0 Å². The fraction of sp³-hybridized carbons (Fsp3) is 0.438. The van der Waals surface area contributed by atoms with Gasteiger partial charge in [-0.1, -0.05) is 15.9 Å². The number of esters is 1. The Hall–Kier alpha value is -1.73. The molecule has 0 saturated heterocycles. The van der Waals surface area contributed by atoms with Gasteiger partial charge >= 0.3 is 5.97 Å². The smallest absolute Gasteiger partial charge is 0.361 e. The first-order valence-electron chi connectivity index (χ1n) is 7.54. The van der Waals surface area contributed by atoms with Crippen molar-refractivity contribution in [1.29, 1.82) is 0 Å². The standard InChI is InChI=1S/C16H18BrN3O3/c1-3-23-16(21)15-14(18-10-7-11(8-10)22-2)12-6-9(17)4-5-13(12)19-20-15/h4-6,10-11H,3,7-8H2,1-2H3,(H,18,19)/t10-,11+. The Morgan fingerprint density at radius 1 is 1.39 bits per heavy atom. The van der Waals surface area contributed by atoms with E-state index in [1.807, 2.05) is 18.2 Å². The summed E-state index contributed by atoms with van der Waals surface area (Å²) in [6.07, 6.45) is 2.07. The van der Waals surface area contributed by atoms with E-state index in [1.165, 1.54) is 0 Å². The number of nitrogens with one attached hydrogen (secondary N) is 1. The van der Waals surface area contributed by atoms with Crippen LogP contribution in [0.5, 0.6) is 0 Å². The van der Waals surface area contributed by atoms with E-state index < -0.39 is 5.97 Å². The molecule has 1 aromatic heterocycles. The summed E-state index contributed by atoms with van der Waals surface area (Å²) < 4.78 is 11.3. The molecule has 1 N–H and O–H groups in total. The highest BCUT2D eigenvalue weighted by Crippen LogP contribution is 2.32. The average Bonchev–Trinajstić information content (AvgIpc) is 2.50. The molecule has 0 aliphatic heterocycles. The van der Waals surface area contributed by atoms with Crippen molar-refractivity contribution in [3.05, 3.63) is 28.4 Å². The molecule has 1 aromatic carbocycles. The van der Waals surface area contributed by atoms with Crippen molar-refractivity contribution in [1.82, 2.24) is 10.2 Å². The van der Waals surface area contributed by atoms with E-state index in [2.05, 4.69) is 31.4 Å². The number of nitrogens with zero attached hydrogens (tertiary/aromatic N) is 2. The number of halogens is 1. The molecule has 0 bridgehead atoms. The maximum atomic E-state index is 12.2. The molecule has 1 saturated carbocycles. The lowest BCUT2D eigenvalue weighted by molar-refractivity contribution is 0.0328. The molecule has 122 valence electrons. The van der Waals surface area contributed by atoms with Crippen molar-refractivity contribution in [2.24, 2.45) is 0 Å². The monoisotopic (exact) mass is 379 g/mol. The molecule has 23 heavy (non-hydrogen) atoms. The number of aromatic nitrogens is 2. The van der Waals surface area contributed by atoms with Crippen LogP contribution in [0.4, 0.5) is 5.69 Å². The van der Waals surface area contributed by atoms with Gasteiger partial charge in [0.25, 0.3) is 0 Å². The fourth-order valence-corrected chi connectivity index (χ4v) is 3.01. The third-order valence-corrected chi connectivity index (χ3v) is 4.46. The van der Waals surface area contributed by atoms with Crippen LogP contribution in [0.2, 0.25) is 0 Å². The minimum absolute atomic E-state index is 0.221. The van der Waals surface area contributed by atoms with E-state index in [-0.39, 0.29) is 17.8 Å². The van der Waals surface area contributed by atoms with E-state index in [9.17, 15) is 4.79 Å². The van der Waals surface area contributed by atoms with Gasteiger partial charge < -0.3 is 14.8 Å². The van der Waals surface area contributed by atoms with Crippen LogP contribution in [0.1, 0.15) is 30.3 Å². The molecule has 3 rings (SSSR count). The Kier molecular flexibility index (Phi) is 4.77. The first-order valence-corrected chi connectivity index (χ1v) is 8.34. The molecule has 1 aliphatic carbocycles. The lowest BCUT2D eigenvalue weighted by atomic mass is 9.89. The number of anilines is 1. The molecule has 1 heterocycles. The van der Waals surface area contributed by atoms with E-state index >= 15 is 0 Å². The minimum Gasteiger partial charge on any atom is -0.461 e. The van der Waals surface area contributed by atoms with Gasteiger partial charge in [0.1, 0.15) is 0 Å². The highest BCUT2D eigenvalue weighted by Gasteiger charge is 2.31. The minimum atomic E-state index is -0.466. The third kappa shape index (κ3) is 3.30. The largest absolute Gasteiger partial charge is 0.461 e. The fourth-order valence-electron chi connectivity index (χ4n) is 2.65. The topological polar surface area (TPSA) is 73.3 Å². The first-order chi connectivity index (χ1) is 11.1. The molecule has 1 fully saturated rings. The van der Waals surface area contributed by atoms with Crippen molar-refractivity contribution < 1.29 is 14.3 Å². The number of hydrogen-bond acceptors (Lipinski definition) is 6. The van der Waals surface area contributed by atoms with Crippen molar-refractivity contribution in [2.45, 2.75) is 31.9 Å². The van der Waals surface area contributed by atoms with Crippen molar-refractivity contribution in [3.8, 4) is 0 Å². The zero-order valence-electron chi connectivity index (χ0n) is 13.0. The molecule has 0 amide bonds. The summed E-state index contributed by atoms with van der Waals surface area (Å²) in [7, 11) is 1.71. The van der Waals surface area contributed by atoms with Gasteiger partial charge in [-0.15, -0.1) is 10.2 Å². The van der Waals surface area contributed by atoms with Gasteiger partial charge in [0.05, 0.1) is 23.9 Å². The van der Waals surface area contributed by atoms with Crippen LogP contribution < -0.4 is 5.32 Å². The lowest BCUT2D eigenvalue weighted by Gasteiger charge is -2.35. The number of carbonyl (C=O) groups excluding carboxylic acids is 1. The zero-order valence-corrected chi connectivity index (χ0v) is 14.6. The second kappa shape index (κ2) is 6.80. The summed E-state index contributed by atoms with van der Waals surface area (Å²) in [5, 5.41) is 12.5. The molecular formula is C16H18BrN3O3. The normalized spacial score (nSPS) is 20.1. The molecule has 0 unspecified atom stereocenters. The van der Waals surface area contributed by atoms with E-state index in [0.29, 0.717) is 12.3 Å². The Balaban J connectivity index is 2.00. The molecule has 7 heteroatoms. The van der Waals surface area contributed by atoms with Crippen molar-refractivity contribution >= 4 is 38.5 Å². The van der Waals surface area contributed by atoms with Crippen LogP contribution in [-0.4, -0.2) is 42.0 Å². The summed E-state index contributed by atoms with van der Waals surface area (Å²) in [6, 6.07) is 5.95. The molecule has 1 aliphatic rings. The number of benzene rings is 1. The molecule has 6 nitrogen and oxygen atoms in total. The maximum Gasteiger partial charge on any atom is 0.361 e. The number of methoxy groups -OCH3 is 1. The van der Waals surface area contributed by atoms with Gasteiger partial charge in [0.2, 0.25) is 0 Å². The molecular weight excluding hydrogens is 362 g/mol. The zero-order chi connectivity index (χ0) is 16.4. The van der Waals surface area contributed by atoms with E-state index in [0.717, 1.165) is 28.2 Å². The lowest BCUT2D eigenvalue weighted by Crippen LogP contribution is -2.40. The van der Waals surface area contributed by atoms with Crippen LogP contribution in [0.25, 0.3) is 10.9 Å². The number of carbonyl (C=O) groups is 1. The van der Waals surface area contributed by atoms with Crippen LogP contribution >= 0.6 is 15.9 Å². The number of hydrogen-bond donors (Lipinski definition) is 1. The molecule has 0 atom stereocenters. The van der Waals surface area contributed by atoms with Crippen LogP contribution in [0, 0.1) is 0 Å².